The number of hydrogen-bond donors (Lipinski definition) is 0. The topological polar surface area (TPSA) is 19.6 Å². The zero-order chi connectivity index (χ0) is 34.4. The maximum atomic E-state index is 6.41. The first-order valence-corrected chi connectivity index (χ1v) is 18.3. The Bertz CT molecular complexity index is 2840. The Morgan fingerprint density at radius 1 is 0.346 bits per heavy atom. The van der Waals surface area contributed by atoms with E-state index in [2.05, 4.69) is 192 Å². The third-order valence-electron chi connectivity index (χ3n) is 9.84. The third kappa shape index (κ3) is 5.12. The summed E-state index contributed by atoms with van der Waals surface area (Å²) in [6.45, 7) is 0. The van der Waals surface area contributed by atoms with Crippen LogP contribution < -0.4 is 9.80 Å². The summed E-state index contributed by atoms with van der Waals surface area (Å²) >= 11 is 1.84. The Kier molecular flexibility index (Phi) is 7.33. The van der Waals surface area contributed by atoms with Gasteiger partial charge in [0, 0.05) is 59.8 Å². The molecule has 0 atom stereocenters. The molecule has 2 heterocycles. The van der Waals surface area contributed by atoms with Crippen molar-refractivity contribution in [1.82, 2.24) is 0 Å². The minimum Gasteiger partial charge on any atom is -0.456 e. The lowest BCUT2D eigenvalue weighted by molar-refractivity contribution is 0.669. The van der Waals surface area contributed by atoms with Gasteiger partial charge in [0.2, 0.25) is 0 Å². The molecule has 0 unspecified atom stereocenters. The number of benzene rings is 8. The van der Waals surface area contributed by atoms with Crippen molar-refractivity contribution < 1.29 is 4.42 Å². The van der Waals surface area contributed by atoms with Crippen molar-refractivity contribution in [3.8, 4) is 11.1 Å². The number of hydrogen-bond acceptors (Lipinski definition) is 4. The van der Waals surface area contributed by atoms with E-state index >= 15 is 0 Å². The molecule has 246 valence electrons. The predicted octanol–water partition coefficient (Wildman–Crippen LogP) is 14.6. The Morgan fingerprint density at radius 3 is 1.46 bits per heavy atom. The molecule has 0 aliphatic heterocycles. The van der Waals surface area contributed by atoms with Crippen molar-refractivity contribution in [3.63, 3.8) is 0 Å². The SMILES string of the molecule is c1ccc(-c2ccc(N(c3ccccc3)c3cccc4sc5cccc(N(c6ccccc6)c6ccc7c(c6)oc6ccccc67)c5c34)cc2)cc1. The van der Waals surface area contributed by atoms with E-state index in [1.165, 1.54) is 31.3 Å². The highest BCUT2D eigenvalue weighted by atomic mass is 32.1. The van der Waals surface area contributed by atoms with E-state index in [0.717, 1.165) is 56.1 Å². The Labute approximate surface area is 305 Å². The normalized spacial score (nSPS) is 11.5. The number of fused-ring (bicyclic) bond motifs is 6. The molecule has 3 nitrogen and oxygen atoms in total. The highest BCUT2D eigenvalue weighted by molar-refractivity contribution is 7.26. The van der Waals surface area contributed by atoms with Gasteiger partial charge in [-0.3, -0.25) is 0 Å². The first-order valence-electron chi connectivity index (χ1n) is 17.5. The second-order valence-electron chi connectivity index (χ2n) is 12.9. The second kappa shape index (κ2) is 12.6. The van der Waals surface area contributed by atoms with Crippen LogP contribution in [0.15, 0.2) is 199 Å². The summed E-state index contributed by atoms with van der Waals surface area (Å²) < 4.78 is 8.88. The molecule has 8 aromatic carbocycles. The van der Waals surface area contributed by atoms with Crippen molar-refractivity contribution in [2.75, 3.05) is 9.80 Å². The van der Waals surface area contributed by atoms with Crippen LogP contribution in [-0.2, 0) is 0 Å². The zero-order valence-corrected chi connectivity index (χ0v) is 29.0. The Balaban J connectivity index is 1.21. The molecule has 10 aromatic rings. The fourth-order valence-corrected chi connectivity index (χ4v) is 8.65. The predicted molar refractivity (Wildman–Crippen MR) is 221 cm³/mol. The van der Waals surface area contributed by atoms with Crippen LogP contribution in [0, 0.1) is 0 Å². The maximum Gasteiger partial charge on any atom is 0.137 e. The second-order valence-corrected chi connectivity index (χ2v) is 14.0. The lowest BCUT2D eigenvalue weighted by atomic mass is 10.0. The summed E-state index contributed by atoms with van der Waals surface area (Å²) in [6, 6.07) is 69.1. The van der Waals surface area contributed by atoms with E-state index in [1.54, 1.807) is 0 Å². The molecule has 10 rings (SSSR count). The van der Waals surface area contributed by atoms with Gasteiger partial charge < -0.3 is 14.2 Å². The number of thiophene rings is 1. The fraction of sp³-hybridized carbons (Fsp3) is 0. The van der Waals surface area contributed by atoms with E-state index in [0.29, 0.717) is 0 Å². The molecule has 52 heavy (non-hydrogen) atoms. The quantitative estimate of drug-likeness (QED) is 0.167. The van der Waals surface area contributed by atoms with Crippen LogP contribution in [0.4, 0.5) is 34.1 Å². The highest BCUT2D eigenvalue weighted by Gasteiger charge is 2.23. The molecule has 0 spiro atoms. The molecule has 0 N–H and O–H groups in total. The Hall–Kier alpha value is -6.62. The number of nitrogens with zero attached hydrogens (tertiary/aromatic N) is 2. The molecule has 0 bridgehead atoms. The van der Waals surface area contributed by atoms with Crippen molar-refractivity contribution in [2.24, 2.45) is 0 Å². The number of furan rings is 1. The summed E-state index contributed by atoms with van der Waals surface area (Å²) in [5.41, 5.74) is 10.8. The van der Waals surface area contributed by atoms with Gasteiger partial charge >= 0.3 is 0 Å². The molecule has 0 aliphatic rings. The molecule has 0 aliphatic carbocycles. The molecule has 0 saturated heterocycles. The van der Waals surface area contributed by atoms with E-state index in [4.69, 9.17) is 4.42 Å². The largest absolute Gasteiger partial charge is 0.456 e. The maximum absolute atomic E-state index is 6.41. The first kappa shape index (κ1) is 30.2. The summed E-state index contributed by atoms with van der Waals surface area (Å²) in [7, 11) is 0. The average Bonchev–Trinajstić information content (AvgIpc) is 3.79. The molecule has 0 amide bonds. The van der Waals surface area contributed by atoms with Crippen LogP contribution in [0.1, 0.15) is 0 Å². The average molecular weight is 685 g/mol. The number of para-hydroxylation sites is 3. The van der Waals surface area contributed by atoms with E-state index in [-0.39, 0.29) is 0 Å². The number of anilines is 6. The van der Waals surface area contributed by atoms with Crippen LogP contribution >= 0.6 is 11.3 Å². The van der Waals surface area contributed by atoms with Gasteiger partial charge in [-0.05, 0) is 90.0 Å². The first-order chi connectivity index (χ1) is 25.8. The molecule has 4 heteroatoms. The van der Waals surface area contributed by atoms with Crippen LogP contribution in [0.25, 0.3) is 53.2 Å². The standard InChI is InChI=1S/C48H32N2OS/c1-4-14-33(15-5-1)34-26-28-37(29-27-34)49(35-16-6-2-7-17-35)41-21-12-24-45-47(41)48-42(22-13-25-46(48)52-45)50(36-18-8-3-9-19-36)38-30-31-40-39-20-10-11-23-43(39)51-44(40)32-38/h1-32H. The van der Waals surface area contributed by atoms with Gasteiger partial charge in [0.15, 0.2) is 0 Å². The molecule has 0 saturated carbocycles. The summed E-state index contributed by atoms with van der Waals surface area (Å²) in [4.78, 5) is 4.77. The van der Waals surface area contributed by atoms with Gasteiger partial charge in [0.05, 0.1) is 11.4 Å². The van der Waals surface area contributed by atoms with E-state index in [9.17, 15) is 0 Å². The van der Waals surface area contributed by atoms with Crippen LogP contribution in [0.2, 0.25) is 0 Å². The minimum absolute atomic E-state index is 0.872. The zero-order valence-electron chi connectivity index (χ0n) is 28.2. The molecular formula is C48H32N2OS. The van der Waals surface area contributed by atoms with Crippen molar-refractivity contribution in [1.29, 1.82) is 0 Å². The lowest BCUT2D eigenvalue weighted by Crippen LogP contribution is -2.11. The highest BCUT2D eigenvalue weighted by Crippen LogP contribution is 2.50. The minimum atomic E-state index is 0.872. The van der Waals surface area contributed by atoms with Gasteiger partial charge in [-0.25, -0.2) is 0 Å². The van der Waals surface area contributed by atoms with Crippen LogP contribution in [-0.4, -0.2) is 0 Å². The summed E-state index contributed by atoms with van der Waals surface area (Å²) in [6.07, 6.45) is 0. The summed E-state index contributed by atoms with van der Waals surface area (Å²) in [5.74, 6) is 0. The monoisotopic (exact) mass is 684 g/mol. The van der Waals surface area contributed by atoms with E-state index in [1.807, 2.05) is 23.5 Å². The van der Waals surface area contributed by atoms with Gasteiger partial charge in [0.25, 0.3) is 0 Å². The van der Waals surface area contributed by atoms with Gasteiger partial charge in [-0.2, -0.15) is 0 Å². The number of rotatable bonds is 7. The fourth-order valence-electron chi connectivity index (χ4n) is 7.50. The van der Waals surface area contributed by atoms with Crippen molar-refractivity contribution >= 4 is 87.6 Å². The van der Waals surface area contributed by atoms with Crippen LogP contribution in [0.5, 0.6) is 0 Å². The smallest absolute Gasteiger partial charge is 0.137 e. The van der Waals surface area contributed by atoms with E-state index < -0.39 is 0 Å². The molecular weight excluding hydrogens is 653 g/mol. The lowest BCUT2D eigenvalue weighted by Gasteiger charge is -2.28. The van der Waals surface area contributed by atoms with Crippen molar-refractivity contribution in [3.05, 3.63) is 194 Å². The molecule has 0 fully saturated rings. The molecule has 2 aromatic heterocycles. The van der Waals surface area contributed by atoms with Gasteiger partial charge in [-0.1, -0.05) is 109 Å². The third-order valence-corrected chi connectivity index (χ3v) is 11.0. The Morgan fingerprint density at radius 2 is 0.827 bits per heavy atom. The van der Waals surface area contributed by atoms with Gasteiger partial charge in [-0.15, -0.1) is 11.3 Å². The summed E-state index contributed by atoms with van der Waals surface area (Å²) in [5, 5.41) is 4.68. The van der Waals surface area contributed by atoms with Crippen LogP contribution in [0.3, 0.4) is 0 Å². The van der Waals surface area contributed by atoms with Gasteiger partial charge in [0.1, 0.15) is 11.2 Å². The molecule has 0 radical (unpaired) electrons. The van der Waals surface area contributed by atoms with Crippen molar-refractivity contribution in [2.45, 2.75) is 0 Å².